The average Bonchev–Trinajstić information content (AvgIpc) is 3.25. The van der Waals surface area contributed by atoms with E-state index < -0.39 is 9.84 Å². The molecule has 0 spiro atoms. The van der Waals surface area contributed by atoms with E-state index >= 15 is 0 Å². The number of nitrogens with zero attached hydrogens (tertiary/aromatic N) is 4. The number of rotatable bonds is 5. The zero-order chi connectivity index (χ0) is 21.0. The van der Waals surface area contributed by atoms with Crippen molar-refractivity contribution in [2.75, 3.05) is 5.32 Å². The van der Waals surface area contributed by atoms with Gasteiger partial charge in [0.15, 0.2) is 5.13 Å². The van der Waals surface area contributed by atoms with Crippen molar-refractivity contribution in [3.8, 4) is 0 Å². The molecule has 2 aromatic rings. The van der Waals surface area contributed by atoms with Crippen molar-refractivity contribution in [3.63, 3.8) is 0 Å². The van der Waals surface area contributed by atoms with E-state index in [2.05, 4.69) is 20.3 Å². The number of carbonyl (C=O) groups is 1. The Morgan fingerprint density at radius 1 is 0.933 bits per heavy atom. The molecule has 2 heterocycles. The highest BCUT2D eigenvalue weighted by molar-refractivity contribution is 7.93. The van der Waals surface area contributed by atoms with E-state index in [1.807, 2.05) is 4.90 Å². The van der Waals surface area contributed by atoms with E-state index in [0.717, 1.165) is 62.7 Å². The Bertz CT molecular complexity index is 934. The Hall–Kier alpha value is -2.07. The number of aromatic nitrogens is 3. The van der Waals surface area contributed by atoms with Gasteiger partial charge in [-0.15, -0.1) is 0 Å². The van der Waals surface area contributed by atoms with Gasteiger partial charge in [0.05, 0.1) is 6.20 Å². The lowest BCUT2D eigenvalue weighted by Gasteiger charge is -2.41. The number of urea groups is 1. The third-order valence-electron chi connectivity index (χ3n) is 5.92. The summed E-state index contributed by atoms with van der Waals surface area (Å²) in [4.78, 5) is 27.1. The third-order valence-corrected chi connectivity index (χ3v) is 8.86. The molecule has 2 aliphatic rings. The summed E-state index contributed by atoms with van der Waals surface area (Å²) in [7, 11) is -3.85. The molecule has 2 aromatic heterocycles. The van der Waals surface area contributed by atoms with Crippen LogP contribution in [0.2, 0.25) is 0 Å². The Morgan fingerprint density at radius 2 is 1.50 bits per heavy atom. The molecule has 1 N–H and O–H groups in total. The number of amides is 2. The molecule has 8 nitrogen and oxygen atoms in total. The summed E-state index contributed by atoms with van der Waals surface area (Å²) in [6, 6.07) is 1.90. The molecule has 0 bridgehead atoms. The van der Waals surface area contributed by atoms with Gasteiger partial charge in [0.25, 0.3) is 15.0 Å². The van der Waals surface area contributed by atoms with Gasteiger partial charge >= 0.3 is 6.03 Å². The van der Waals surface area contributed by atoms with Crippen molar-refractivity contribution >= 4 is 32.3 Å². The van der Waals surface area contributed by atoms with Crippen molar-refractivity contribution in [2.24, 2.45) is 0 Å². The zero-order valence-electron chi connectivity index (χ0n) is 16.9. The first kappa shape index (κ1) is 21.2. The standard InChI is InChI=1S/C20H27N5O3S2/c26-20(25(15-8-3-1-4-9-15)16-10-5-2-6-11-16)24-18-23-14-17(29-18)30(27,28)19-21-12-7-13-22-19/h7,12-16H,1-6,8-11H2,(H,23,24,26). The highest BCUT2D eigenvalue weighted by Crippen LogP contribution is 2.32. The van der Waals surface area contributed by atoms with Gasteiger partial charge in [-0.2, -0.15) is 0 Å². The van der Waals surface area contributed by atoms with Crippen LogP contribution in [-0.2, 0) is 9.84 Å². The largest absolute Gasteiger partial charge is 0.324 e. The van der Waals surface area contributed by atoms with E-state index in [-0.39, 0.29) is 32.6 Å². The van der Waals surface area contributed by atoms with Gasteiger partial charge in [0.2, 0.25) is 0 Å². The van der Waals surface area contributed by atoms with Gasteiger partial charge in [-0.25, -0.2) is 28.2 Å². The Morgan fingerprint density at radius 3 is 2.07 bits per heavy atom. The molecule has 0 aliphatic heterocycles. The molecular formula is C20H27N5O3S2. The molecule has 10 heteroatoms. The second-order valence-electron chi connectivity index (χ2n) is 7.94. The molecule has 2 amide bonds. The summed E-state index contributed by atoms with van der Waals surface area (Å²) < 4.78 is 25.4. The molecule has 2 fully saturated rings. The number of thiazole rings is 1. The van der Waals surface area contributed by atoms with Gasteiger partial charge in [0.1, 0.15) is 4.21 Å². The SMILES string of the molecule is O=C(Nc1ncc(S(=O)(=O)c2ncccn2)s1)N(C1CCCCC1)C1CCCCC1. The fraction of sp³-hybridized carbons (Fsp3) is 0.600. The van der Waals surface area contributed by atoms with E-state index in [4.69, 9.17) is 0 Å². The third kappa shape index (κ3) is 4.64. The predicted octanol–water partition coefficient (Wildman–Crippen LogP) is 4.27. The van der Waals surface area contributed by atoms with Crippen LogP contribution in [0.25, 0.3) is 0 Å². The van der Waals surface area contributed by atoms with Crippen LogP contribution in [0.15, 0.2) is 34.0 Å². The predicted molar refractivity (Wildman–Crippen MR) is 114 cm³/mol. The molecule has 0 radical (unpaired) electrons. The van der Waals surface area contributed by atoms with Crippen molar-refractivity contribution in [1.82, 2.24) is 19.9 Å². The van der Waals surface area contributed by atoms with Crippen molar-refractivity contribution in [1.29, 1.82) is 0 Å². The number of sulfone groups is 1. The number of hydrogen-bond donors (Lipinski definition) is 1. The Kier molecular flexibility index (Phi) is 6.62. The van der Waals surface area contributed by atoms with Crippen LogP contribution in [0.3, 0.4) is 0 Å². The molecule has 0 aromatic carbocycles. The minimum Gasteiger partial charge on any atom is -0.319 e. The van der Waals surface area contributed by atoms with Crippen molar-refractivity contribution < 1.29 is 13.2 Å². The first-order valence-corrected chi connectivity index (χ1v) is 12.9. The lowest BCUT2D eigenvalue weighted by Crippen LogP contribution is -2.50. The van der Waals surface area contributed by atoms with E-state index in [0.29, 0.717) is 0 Å². The van der Waals surface area contributed by atoms with Gasteiger partial charge in [-0.3, -0.25) is 5.32 Å². The topological polar surface area (TPSA) is 105 Å². The summed E-state index contributed by atoms with van der Waals surface area (Å²) in [5, 5.41) is 2.89. The summed E-state index contributed by atoms with van der Waals surface area (Å²) in [5.74, 6) is 0. The summed E-state index contributed by atoms with van der Waals surface area (Å²) in [6.45, 7) is 0. The number of hydrogen-bond acceptors (Lipinski definition) is 7. The number of carbonyl (C=O) groups excluding carboxylic acids is 1. The maximum atomic E-state index is 13.2. The molecule has 30 heavy (non-hydrogen) atoms. The van der Waals surface area contributed by atoms with E-state index in [1.54, 1.807) is 6.07 Å². The molecule has 0 atom stereocenters. The van der Waals surface area contributed by atoms with Crippen LogP contribution in [-0.4, -0.2) is 46.4 Å². The molecule has 4 rings (SSSR count). The molecule has 0 unspecified atom stereocenters. The van der Waals surface area contributed by atoms with Gasteiger partial charge in [-0.1, -0.05) is 49.9 Å². The maximum absolute atomic E-state index is 13.2. The average molecular weight is 450 g/mol. The Balaban J connectivity index is 1.51. The fourth-order valence-corrected chi connectivity index (χ4v) is 6.67. The monoisotopic (exact) mass is 449 g/mol. The van der Waals surface area contributed by atoms with Crippen LogP contribution >= 0.6 is 11.3 Å². The fourth-order valence-electron chi connectivity index (χ4n) is 4.46. The number of nitrogens with one attached hydrogen (secondary N) is 1. The lowest BCUT2D eigenvalue weighted by molar-refractivity contribution is 0.114. The maximum Gasteiger partial charge on any atom is 0.324 e. The van der Waals surface area contributed by atoms with Gasteiger partial charge in [0, 0.05) is 24.5 Å². The highest BCUT2D eigenvalue weighted by Gasteiger charge is 2.33. The molecule has 0 saturated heterocycles. The molecule has 2 saturated carbocycles. The van der Waals surface area contributed by atoms with Crippen LogP contribution in [0.4, 0.5) is 9.93 Å². The van der Waals surface area contributed by atoms with Crippen molar-refractivity contribution in [3.05, 3.63) is 24.7 Å². The summed E-state index contributed by atoms with van der Waals surface area (Å²) >= 11 is 0.936. The molecule has 162 valence electrons. The quantitative estimate of drug-likeness (QED) is 0.684. The van der Waals surface area contributed by atoms with E-state index in [1.165, 1.54) is 31.4 Å². The highest BCUT2D eigenvalue weighted by atomic mass is 32.2. The van der Waals surface area contributed by atoms with E-state index in [9.17, 15) is 13.2 Å². The second-order valence-corrected chi connectivity index (χ2v) is 11.0. The van der Waals surface area contributed by atoms with Crippen molar-refractivity contribution in [2.45, 2.75) is 85.7 Å². The molecule has 2 aliphatic carbocycles. The zero-order valence-corrected chi connectivity index (χ0v) is 18.5. The molecular weight excluding hydrogens is 422 g/mol. The van der Waals surface area contributed by atoms with Crippen LogP contribution in [0, 0.1) is 0 Å². The van der Waals surface area contributed by atoms with Crippen LogP contribution in [0.1, 0.15) is 64.2 Å². The van der Waals surface area contributed by atoms with Gasteiger partial charge in [-0.05, 0) is 31.7 Å². The van der Waals surface area contributed by atoms with Crippen LogP contribution in [0.5, 0.6) is 0 Å². The van der Waals surface area contributed by atoms with Crippen LogP contribution < -0.4 is 5.32 Å². The first-order valence-electron chi connectivity index (χ1n) is 10.6. The first-order chi connectivity index (χ1) is 14.6. The number of anilines is 1. The summed E-state index contributed by atoms with van der Waals surface area (Å²) in [5.41, 5.74) is 0. The lowest BCUT2D eigenvalue weighted by atomic mass is 9.89. The Labute approximate surface area is 181 Å². The minimum absolute atomic E-state index is 0.0193. The smallest absolute Gasteiger partial charge is 0.319 e. The second kappa shape index (κ2) is 9.38. The van der Waals surface area contributed by atoms with Gasteiger partial charge < -0.3 is 4.90 Å². The summed E-state index contributed by atoms with van der Waals surface area (Å²) in [6.07, 6.45) is 15.2. The minimum atomic E-state index is -3.85. The normalized spacial score (nSPS) is 18.8.